The average molecular weight is 301 g/mol. The van der Waals surface area contributed by atoms with E-state index < -0.39 is 0 Å². The molecular weight excluding hydrogens is 286 g/mol. The molecule has 0 saturated heterocycles. The first-order chi connectivity index (χ1) is 10.2. The fraction of sp³-hybridized carbons (Fsp3) is 0.286. The van der Waals surface area contributed by atoms with Crippen molar-refractivity contribution in [3.8, 4) is 11.3 Å². The number of fused-ring (bicyclic) bond motifs is 1. The van der Waals surface area contributed by atoms with Crippen LogP contribution in [0.4, 0.5) is 0 Å². The zero-order valence-electron chi connectivity index (χ0n) is 12.0. The molecule has 0 aliphatic rings. The van der Waals surface area contributed by atoms with E-state index in [-0.39, 0.29) is 5.56 Å². The van der Waals surface area contributed by atoms with E-state index >= 15 is 0 Å². The second-order valence-corrected chi connectivity index (χ2v) is 5.42. The van der Waals surface area contributed by atoms with E-state index in [4.69, 9.17) is 0 Å². The molecule has 3 heterocycles. The molecule has 3 aromatic heterocycles. The van der Waals surface area contributed by atoms with Crippen LogP contribution in [-0.2, 0) is 6.42 Å². The maximum atomic E-state index is 12.5. The Hall–Kier alpha value is -2.15. The van der Waals surface area contributed by atoms with E-state index in [0.717, 1.165) is 23.1 Å². The second-order valence-electron chi connectivity index (χ2n) is 4.65. The molecule has 0 aromatic carbocycles. The maximum absolute atomic E-state index is 12.5. The quantitative estimate of drug-likeness (QED) is 0.572. The van der Waals surface area contributed by atoms with Crippen molar-refractivity contribution >= 4 is 22.8 Å². The average Bonchev–Trinajstić information content (AvgIpc) is 2.99. The van der Waals surface area contributed by atoms with Crippen LogP contribution < -0.4 is 5.56 Å². The van der Waals surface area contributed by atoms with Gasteiger partial charge in [-0.2, -0.15) is 5.10 Å². The number of hydrogen-bond acceptors (Lipinski definition) is 5. The van der Waals surface area contributed by atoms with E-state index in [1.54, 1.807) is 12.3 Å². The number of nitrogens with zero attached hydrogens (tertiary/aromatic N) is 3. The topological polar surface area (TPSA) is 87.3 Å². The number of pyridine rings is 1. The first-order valence-electron chi connectivity index (χ1n) is 6.63. The van der Waals surface area contributed by atoms with Gasteiger partial charge in [0, 0.05) is 11.6 Å². The number of nitrogens with one attached hydrogen (secondary N) is 2. The Morgan fingerprint density at radius 1 is 1.33 bits per heavy atom. The number of rotatable bonds is 3. The highest BCUT2D eigenvalue weighted by Crippen LogP contribution is 2.27. The molecule has 108 valence electrons. The summed E-state index contributed by atoms with van der Waals surface area (Å²) in [4.78, 5) is 24.2. The third kappa shape index (κ3) is 2.23. The van der Waals surface area contributed by atoms with Crippen molar-refractivity contribution in [2.75, 3.05) is 6.26 Å². The highest BCUT2D eigenvalue weighted by Gasteiger charge is 2.17. The molecule has 0 radical (unpaired) electrons. The van der Waals surface area contributed by atoms with Crippen LogP contribution in [0.5, 0.6) is 0 Å². The van der Waals surface area contributed by atoms with Crippen molar-refractivity contribution in [1.29, 1.82) is 0 Å². The lowest BCUT2D eigenvalue weighted by molar-refractivity contribution is 0.948. The number of thioether (sulfide) groups is 1. The third-order valence-electron chi connectivity index (χ3n) is 3.44. The van der Waals surface area contributed by atoms with Gasteiger partial charge in [0.1, 0.15) is 5.65 Å². The number of aromatic amines is 2. The lowest BCUT2D eigenvalue weighted by Gasteiger charge is -2.11. The van der Waals surface area contributed by atoms with Crippen LogP contribution in [0.1, 0.15) is 18.2 Å². The van der Waals surface area contributed by atoms with Crippen LogP contribution in [0.15, 0.2) is 22.2 Å². The minimum Gasteiger partial charge on any atom is -0.306 e. The van der Waals surface area contributed by atoms with Crippen LogP contribution in [0.2, 0.25) is 0 Å². The van der Waals surface area contributed by atoms with Crippen LogP contribution >= 0.6 is 11.8 Å². The third-order valence-corrected chi connectivity index (χ3v) is 3.99. The molecule has 3 aromatic rings. The van der Waals surface area contributed by atoms with E-state index in [1.807, 2.05) is 20.1 Å². The van der Waals surface area contributed by atoms with Crippen LogP contribution in [0.25, 0.3) is 22.3 Å². The summed E-state index contributed by atoms with van der Waals surface area (Å²) in [5.41, 5.74) is 3.58. The van der Waals surface area contributed by atoms with Gasteiger partial charge >= 0.3 is 0 Å². The van der Waals surface area contributed by atoms with Gasteiger partial charge in [-0.15, -0.1) is 0 Å². The van der Waals surface area contributed by atoms with Gasteiger partial charge in [0.05, 0.1) is 17.0 Å². The molecule has 0 spiro atoms. The number of H-pyrrole nitrogens is 2. The van der Waals surface area contributed by atoms with Crippen LogP contribution in [0.3, 0.4) is 0 Å². The molecule has 7 heteroatoms. The predicted octanol–water partition coefficient (Wildman–Crippen LogP) is 2.30. The Morgan fingerprint density at radius 3 is 2.76 bits per heavy atom. The molecule has 3 rings (SSSR count). The van der Waals surface area contributed by atoms with E-state index in [1.165, 1.54) is 11.8 Å². The van der Waals surface area contributed by atoms with Gasteiger partial charge in [-0.3, -0.25) is 9.89 Å². The van der Waals surface area contributed by atoms with Crippen molar-refractivity contribution in [1.82, 2.24) is 25.1 Å². The molecule has 0 amide bonds. The summed E-state index contributed by atoms with van der Waals surface area (Å²) in [7, 11) is 0. The van der Waals surface area contributed by atoms with Gasteiger partial charge in [-0.05, 0) is 31.2 Å². The molecule has 0 fully saturated rings. The van der Waals surface area contributed by atoms with E-state index in [9.17, 15) is 4.79 Å². The fourth-order valence-electron chi connectivity index (χ4n) is 2.56. The molecule has 0 aliphatic carbocycles. The molecule has 0 bridgehead atoms. The normalized spacial score (nSPS) is 11.2. The summed E-state index contributed by atoms with van der Waals surface area (Å²) in [5, 5.41) is 8.37. The minimum absolute atomic E-state index is 0.159. The highest BCUT2D eigenvalue weighted by atomic mass is 32.2. The summed E-state index contributed by atoms with van der Waals surface area (Å²) in [6.07, 6.45) is 4.27. The van der Waals surface area contributed by atoms with Crippen molar-refractivity contribution in [3.05, 3.63) is 33.9 Å². The zero-order valence-corrected chi connectivity index (χ0v) is 12.8. The van der Waals surface area contributed by atoms with Crippen LogP contribution in [-0.4, -0.2) is 31.4 Å². The summed E-state index contributed by atoms with van der Waals surface area (Å²) in [6, 6.07) is 1.79. The lowest BCUT2D eigenvalue weighted by Crippen LogP contribution is -2.15. The Balaban J connectivity index is 2.44. The first kappa shape index (κ1) is 13.8. The number of hydrogen-bond donors (Lipinski definition) is 2. The first-order valence-corrected chi connectivity index (χ1v) is 7.85. The monoisotopic (exact) mass is 301 g/mol. The van der Waals surface area contributed by atoms with Gasteiger partial charge in [-0.25, -0.2) is 9.97 Å². The number of aryl methyl sites for hydroxylation is 2. The van der Waals surface area contributed by atoms with Crippen LogP contribution in [0, 0.1) is 6.92 Å². The lowest BCUT2D eigenvalue weighted by atomic mass is 10.00. The summed E-state index contributed by atoms with van der Waals surface area (Å²) in [5.74, 6) is 0. The molecule has 0 atom stereocenters. The summed E-state index contributed by atoms with van der Waals surface area (Å²) < 4.78 is 0. The minimum atomic E-state index is -0.159. The van der Waals surface area contributed by atoms with Gasteiger partial charge in [0.15, 0.2) is 5.16 Å². The van der Waals surface area contributed by atoms with Crippen molar-refractivity contribution in [2.24, 2.45) is 0 Å². The Bertz CT molecular complexity index is 854. The van der Waals surface area contributed by atoms with E-state index in [0.29, 0.717) is 22.1 Å². The van der Waals surface area contributed by atoms with E-state index in [2.05, 4.69) is 25.1 Å². The smallest absolute Gasteiger partial charge is 0.259 e. The molecular formula is C14H15N5OS. The maximum Gasteiger partial charge on any atom is 0.259 e. The Kier molecular flexibility index (Phi) is 3.50. The molecule has 0 saturated carbocycles. The van der Waals surface area contributed by atoms with Crippen molar-refractivity contribution < 1.29 is 0 Å². The largest absolute Gasteiger partial charge is 0.306 e. The van der Waals surface area contributed by atoms with Crippen molar-refractivity contribution in [3.63, 3.8) is 0 Å². The standard InChI is InChI=1S/C14H15N5OS/c1-4-8-10-7(2)16-14(21-3)18-12(10)17-13(20)11(8)9-5-6-15-19-9/h5-6H,4H2,1-3H3,(H,15,19)(H,16,17,18,20). The Morgan fingerprint density at radius 2 is 2.14 bits per heavy atom. The summed E-state index contributed by atoms with van der Waals surface area (Å²) >= 11 is 1.46. The second kappa shape index (κ2) is 5.33. The fourth-order valence-corrected chi connectivity index (χ4v) is 2.97. The number of aromatic nitrogens is 5. The molecule has 6 nitrogen and oxygen atoms in total. The van der Waals surface area contributed by atoms with Gasteiger partial charge < -0.3 is 4.98 Å². The van der Waals surface area contributed by atoms with Gasteiger partial charge in [-0.1, -0.05) is 18.7 Å². The molecule has 0 unspecified atom stereocenters. The molecule has 21 heavy (non-hydrogen) atoms. The molecule has 2 N–H and O–H groups in total. The predicted molar refractivity (Wildman–Crippen MR) is 83.6 cm³/mol. The highest BCUT2D eigenvalue weighted by molar-refractivity contribution is 7.98. The van der Waals surface area contributed by atoms with Crippen molar-refractivity contribution in [2.45, 2.75) is 25.4 Å². The Labute approximate surface area is 125 Å². The molecule has 0 aliphatic heterocycles. The SMILES string of the molecule is CCc1c(-c2ccn[nH]2)c(=O)[nH]c2nc(SC)nc(C)c12. The summed E-state index contributed by atoms with van der Waals surface area (Å²) in [6.45, 7) is 3.97. The van der Waals surface area contributed by atoms with Gasteiger partial charge in [0.2, 0.25) is 0 Å². The van der Waals surface area contributed by atoms with Gasteiger partial charge in [0.25, 0.3) is 5.56 Å². The zero-order chi connectivity index (χ0) is 15.0.